The van der Waals surface area contributed by atoms with Crippen molar-refractivity contribution in [1.29, 1.82) is 0 Å². The summed E-state index contributed by atoms with van der Waals surface area (Å²) < 4.78 is 0. The smallest absolute Gasteiger partial charge is 0.272 e. The van der Waals surface area contributed by atoms with Crippen LogP contribution < -0.4 is 4.90 Å². The zero-order valence-corrected chi connectivity index (χ0v) is 10.8. The van der Waals surface area contributed by atoms with Crippen molar-refractivity contribution in [1.82, 2.24) is 0 Å². The first-order chi connectivity index (χ1) is 8.10. The molecule has 4 nitrogen and oxygen atoms in total. The molecule has 17 heavy (non-hydrogen) atoms. The van der Waals surface area contributed by atoms with Crippen molar-refractivity contribution in [2.24, 2.45) is 0 Å². The highest BCUT2D eigenvalue weighted by molar-refractivity contribution is 5.55. The number of hydrogen-bond acceptors (Lipinski definition) is 3. The van der Waals surface area contributed by atoms with Crippen molar-refractivity contribution >= 4 is 11.4 Å². The predicted octanol–water partition coefficient (Wildman–Crippen LogP) is 3.53. The van der Waals surface area contributed by atoms with Gasteiger partial charge >= 0.3 is 0 Å². The topological polar surface area (TPSA) is 46.4 Å². The molecule has 0 heterocycles. The standard InChI is InChI=1S/C13H20N2O2/c1-4-8-14(9-5-2)12-6-7-13(15(16)17)11(3)10-12/h6-7,10H,4-5,8-9H2,1-3H3. The second-order valence-corrected chi connectivity index (χ2v) is 4.21. The third-order valence-corrected chi connectivity index (χ3v) is 2.73. The van der Waals surface area contributed by atoms with Gasteiger partial charge in [-0.1, -0.05) is 13.8 Å². The SMILES string of the molecule is CCCN(CCC)c1ccc([N+](=O)[O-])c(C)c1. The number of hydrogen-bond donors (Lipinski definition) is 0. The normalized spacial score (nSPS) is 10.3. The van der Waals surface area contributed by atoms with E-state index >= 15 is 0 Å². The summed E-state index contributed by atoms with van der Waals surface area (Å²) in [5, 5.41) is 10.7. The molecule has 0 amide bonds. The lowest BCUT2D eigenvalue weighted by atomic mass is 10.1. The first-order valence-corrected chi connectivity index (χ1v) is 6.10. The van der Waals surface area contributed by atoms with Gasteiger partial charge in [-0.05, 0) is 31.9 Å². The average molecular weight is 236 g/mol. The van der Waals surface area contributed by atoms with E-state index in [4.69, 9.17) is 0 Å². The number of aryl methyl sites for hydroxylation is 1. The number of nitro benzene ring substituents is 1. The Morgan fingerprint density at radius 2 is 1.82 bits per heavy atom. The Bertz CT molecular complexity index is 385. The molecule has 94 valence electrons. The van der Waals surface area contributed by atoms with Gasteiger partial charge in [0.05, 0.1) is 4.92 Å². The lowest BCUT2D eigenvalue weighted by Crippen LogP contribution is -2.24. The van der Waals surface area contributed by atoms with Gasteiger partial charge in [0.25, 0.3) is 5.69 Å². The molecule has 0 N–H and O–H groups in total. The average Bonchev–Trinajstić information content (AvgIpc) is 2.28. The van der Waals surface area contributed by atoms with Crippen LogP contribution in [0.15, 0.2) is 18.2 Å². The van der Waals surface area contributed by atoms with Gasteiger partial charge in [-0.3, -0.25) is 10.1 Å². The summed E-state index contributed by atoms with van der Waals surface area (Å²) >= 11 is 0. The maximum Gasteiger partial charge on any atom is 0.272 e. The first-order valence-electron chi connectivity index (χ1n) is 6.10. The van der Waals surface area contributed by atoms with Gasteiger partial charge in [0.15, 0.2) is 0 Å². The fraction of sp³-hybridized carbons (Fsp3) is 0.538. The van der Waals surface area contributed by atoms with Crippen LogP contribution >= 0.6 is 0 Å². The monoisotopic (exact) mass is 236 g/mol. The van der Waals surface area contributed by atoms with Crippen LogP contribution in [0.1, 0.15) is 32.3 Å². The molecule has 4 heteroatoms. The molecule has 0 spiro atoms. The molecule has 0 unspecified atom stereocenters. The van der Waals surface area contributed by atoms with E-state index in [1.165, 1.54) is 0 Å². The Labute approximate surface area is 102 Å². The minimum absolute atomic E-state index is 0.196. The maximum absolute atomic E-state index is 10.7. The molecule has 0 atom stereocenters. The zero-order chi connectivity index (χ0) is 12.8. The molecule has 0 radical (unpaired) electrons. The summed E-state index contributed by atoms with van der Waals surface area (Å²) in [6.07, 6.45) is 2.16. The van der Waals surface area contributed by atoms with Crippen molar-refractivity contribution in [2.45, 2.75) is 33.6 Å². The molecular formula is C13H20N2O2. The van der Waals surface area contributed by atoms with E-state index in [0.717, 1.165) is 37.2 Å². The predicted molar refractivity (Wildman–Crippen MR) is 70.6 cm³/mol. The van der Waals surface area contributed by atoms with Gasteiger partial charge < -0.3 is 4.90 Å². The van der Waals surface area contributed by atoms with Crippen LogP contribution in [0.2, 0.25) is 0 Å². The number of nitro groups is 1. The highest BCUT2D eigenvalue weighted by Crippen LogP contribution is 2.24. The lowest BCUT2D eigenvalue weighted by molar-refractivity contribution is -0.385. The Morgan fingerprint density at radius 1 is 1.24 bits per heavy atom. The van der Waals surface area contributed by atoms with Gasteiger partial charge in [-0.25, -0.2) is 0 Å². The van der Waals surface area contributed by atoms with Gasteiger partial charge in [0.2, 0.25) is 0 Å². The molecule has 0 fully saturated rings. The maximum atomic E-state index is 10.7. The van der Waals surface area contributed by atoms with Crippen LogP contribution in [0.3, 0.4) is 0 Å². The molecule has 0 saturated heterocycles. The number of benzene rings is 1. The van der Waals surface area contributed by atoms with Crippen LogP contribution in [-0.2, 0) is 0 Å². The minimum atomic E-state index is -0.330. The largest absolute Gasteiger partial charge is 0.372 e. The summed E-state index contributed by atoms with van der Waals surface area (Å²) in [5.41, 5.74) is 2.00. The van der Waals surface area contributed by atoms with Gasteiger partial charge in [0.1, 0.15) is 0 Å². The minimum Gasteiger partial charge on any atom is -0.372 e. The molecule has 0 saturated carbocycles. The van der Waals surface area contributed by atoms with Crippen LogP contribution in [0.5, 0.6) is 0 Å². The second kappa shape index (κ2) is 6.23. The van der Waals surface area contributed by atoms with E-state index in [2.05, 4.69) is 18.7 Å². The molecule has 1 aromatic carbocycles. The molecular weight excluding hydrogens is 216 g/mol. The zero-order valence-electron chi connectivity index (χ0n) is 10.8. The van der Waals surface area contributed by atoms with Crippen LogP contribution in [0, 0.1) is 17.0 Å². The van der Waals surface area contributed by atoms with E-state index in [1.54, 1.807) is 13.0 Å². The second-order valence-electron chi connectivity index (χ2n) is 4.21. The number of rotatable bonds is 6. The van der Waals surface area contributed by atoms with Crippen molar-refractivity contribution in [2.75, 3.05) is 18.0 Å². The highest BCUT2D eigenvalue weighted by atomic mass is 16.6. The summed E-state index contributed by atoms with van der Waals surface area (Å²) in [4.78, 5) is 12.7. The fourth-order valence-corrected chi connectivity index (χ4v) is 1.95. The van der Waals surface area contributed by atoms with Crippen molar-refractivity contribution < 1.29 is 4.92 Å². The van der Waals surface area contributed by atoms with E-state index < -0.39 is 0 Å². The molecule has 0 aromatic heterocycles. The molecule has 1 aromatic rings. The summed E-state index contributed by atoms with van der Waals surface area (Å²) in [7, 11) is 0. The first kappa shape index (κ1) is 13.5. The molecule has 0 bridgehead atoms. The van der Waals surface area contributed by atoms with Crippen molar-refractivity contribution in [3.63, 3.8) is 0 Å². The summed E-state index contributed by atoms with van der Waals surface area (Å²) in [6.45, 7) is 8.05. The third kappa shape index (κ3) is 3.44. The van der Waals surface area contributed by atoms with Crippen molar-refractivity contribution in [3.05, 3.63) is 33.9 Å². The molecule has 0 aliphatic carbocycles. The van der Waals surface area contributed by atoms with Crippen LogP contribution in [0.25, 0.3) is 0 Å². The molecule has 0 aliphatic heterocycles. The lowest BCUT2D eigenvalue weighted by Gasteiger charge is -2.24. The quantitative estimate of drug-likeness (QED) is 0.560. The Balaban J connectivity index is 2.97. The van der Waals surface area contributed by atoms with Gasteiger partial charge in [-0.15, -0.1) is 0 Å². The summed E-state index contributed by atoms with van der Waals surface area (Å²) in [6, 6.07) is 5.35. The van der Waals surface area contributed by atoms with E-state index in [0.29, 0.717) is 0 Å². The third-order valence-electron chi connectivity index (χ3n) is 2.73. The Kier molecular flexibility index (Phi) is 4.94. The van der Waals surface area contributed by atoms with Gasteiger partial charge in [-0.2, -0.15) is 0 Å². The van der Waals surface area contributed by atoms with Crippen molar-refractivity contribution in [3.8, 4) is 0 Å². The highest BCUT2D eigenvalue weighted by Gasteiger charge is 2.12. The van der Waals surface area contributed by atoms with Gasteiger partial charge in [0, 0.05) is 30.4 Å². The van der Waals surface area contributed by atoms with Crippen LogP contribution in [0.4, 0.5) is 11.4 Å². The fourth-order valence-electron chi connectivity index (χ4n) is 1.95. The molecule has 1 rings (SSSR count). The Morgan fingerprint density at radius 3 is 2.24 bits per heavy atom. The van der Waals surface area contributed by atoms with E-state index in [9.17, 15) is 10.1 Å². The molecule has 0 aliphatic rings. The number of anilines is 1. The van der Waals surface area contributed by atoms with Crippen LogP contribution in [-0.4, -0.2) is 18.0 Å². The Hall–Kier alpha value is -1.58. The summed E-state index contributed by atoms with van der Waals surface area (Å²) in [5.74, 6) is 0. The van der Waals surface area contributed by atoms with E-state index in [-0.39, 0.29) is 10.6 Å². The van der Waals surface area contributed by atoms with E-state index in [1.807, 2.05) is 12.1 Å². The number of nitrogens with zero attached hydrogens (tertiary/aromatic N) is 2.